The van der Waals surface area contributed by atoms with Gasteiger partial charge in [-0.3, -0.25) is 0 Å². The number of benzene rings is 4. The molecule has 4 aromatic carbocycles. The highest BCUT2D eigenvalue weighted by molar-refractivity contribution is 5.81. The van der Waals surface area contributed by atoms with Gasteiger partial charge in [0.05, 0.1) is 0 Å². The summed E-state index contributed by atoms with van der Waals surface area (Å²) in [5.74, 6) is 0. The fraction of sp³-hybridized carbons (Fsp3) is 0. The highest BCUT2D eigenvalue weighted by Gasteiger charge is 2.06. The number of rotatable bonds is 8. The van der Waals surface area contributed by atoms with E-state index in [4.69, 9.17) is 22.9 Å². The molecule has 0 saturated carbocycles. The van der Waals surface area contributed by atoms with Crippen molar-refractivity contribution in [1.29, 1.82) is 0 Å². The van der Waals surface area contributed by atoms with Crippen molar-refractivity contribution in [2.45, 2.75) is 0 Å². The smallest absolute Gasteiger partial charge is 0.159 e. The Kier molecular flexibility index (Phi) is 8.44. The van der Waals surface area contributed by atoms with E-state index >= 15 is 0 Å². The molecule has 8 N–H and O–H groups in total. The lowest BCUT2D eigenvalue weighted by Gasteiger charge is -2.01. The molecule has 4 radical (unpaired) electrons. The van der Waals surface area contributed by atoms with E-state index in [0.717, 1.165) is 44.5 Å². The molecule has 0 aliphatic heterocycles. The molecule has 0 heterocycles. The highest BCUT2D eigenvalue weighted by Crippen LogP contribution is 2.22. The van der Waals surface area contributed by atoms with Crippen LogP contribution in [0, 0.1) is 0 Å². The average molecular weight is 497 g/mol. The minimum atomic E-state index is 0.688. The molecular weight excluding hydrogens is 464 g/mol. The lowest BCUT2D eigenvalue weighted by atomic mass is 10.0. The van der Waals surface area contributed by atoms with Gasteiger partial charge >= 0.3 is 0 Å². The van der Waals surface area contributed by atoms with Crippen LogP contribution in [0.4, 0.5) is 22.7 Å². The number of anilines is 4. The highest BCUT2D eigenvalue weighted by atomic mass is 14.6. The van der Waals surface area contributed by atoms with Crippen molar-refractivity contribution in [3.63, 3.8) is 0 Å². The third-order valence-electron chi connectivity index (χ3n) is 6.27. The van der Waals surface area contributed by atoms with Crippen molar-refractivity contribution in [3.05, 3.63) is 130 Å². The van der Waals surface area contributed by atoms with Gasteiger partial charge in [0.1, 0.15) is 0 Å². The Morgan fingerprint density at radius 3 is 1.00 bits per heavy atom. The van der Waals surface area contributed by atoms with E-state index in [1.54, 1.807) is 12.2 Å². The Morgan fingerprint density at radius 2 is 0.684 bits per heavy atom. The summed E-state index contributed by atoms with van der Waals surface area (Å²) in [5.41, 5.74) is 35.3. The first-order valence-corrected chi connectivity index (χ1v) is 12.2. The summed E-state index contributed by atoms with van der Waals surface area (Å²) in [6, 6.07) is 23.7. The molecule has 0 bridgehead atoms. The first-order chi connectivity index (χ1) is 18.4. The van der Waals surface area contributed by atoms with Gasteiger partial charge in [0.25, 0.3) is 0 Å². The van der Waals surface area contributed by atoms with Gasteiger partial charge in [-0.05, 0) is 64.7 Å². The largest absolute Gasteiger partial charge is 0.185 e. The zero-order chi connectivity index (χ0) is 27.1. The molecule has 184 valence electrons. The van der Waals surface area contributed by atoms with Gasteiger partial charge in [0, 0.05) is 46.5 Å². The molecule has 4 aromatic rings. The van der Waals surface area contributed by atoms with Crippen LogP contribution < -0.4 is 22.9 Å². The molecule has 0 aromatic heterocycles. The summed E-state index contributed by atoms with van der Waals surface area (Å²) in [6.07, 6.45) is 15.5. The molecule has 0 aliphatic rings. The van der Waals surface area contributed by atoms with Crippen molar-refractivity contribution in [1.82, 2.24) is 0 Å². The zero-order valence-corrected chi connectivity index (χ0v) is 21.3. The second kappa shape index (κ2) is 12.1. The van der Waals surface area contributed by atoms with Gasteiger partial charge in [-0.15, -0.1) is 0 Å². The van der Waals surface area contributed by atoms with Crippen molar-refractivity contribution in [2.75, 3.05) is 0 Å². The molecule has 0 unspecified atom stereocenters. The van der Waals surface area contributed by atoms with Gasteiger partial charge in [0.2, 0.25) is 0 Å². The minimum Gasteiger partial charge on any atom is -0.159 e. The summed E-state index contributed by atoms with van der Waals surface area (Å²) in [4.78, 5) is 0. The molecule has 0 aliphatic carbocycles. The fourth-order valence-electron chi connectivity index (χ4n) is 4.01. The minimum absolute atomic E-state index is 0.688. The maximum atomic E-state index is 6.33. The first kappa shape index (κ1) is 26.5. The number of nitrogen functional groups attached to an aromatic ring is 4. The maximum absolute atomic E-state index is 6.33. The van der Waals surface area contributed by atoms with E-state index in [1.807, 2.05) is 109 Å². The Labute approximate surface area is 224 Å². The summed E-state index contributed by atoms with van der Waals surface area (Å²) >= 11 is 0. The summed E-state index contributed by atoms with van der Waals surface area (Å²) in [6.45, 7) is 7.54. The predicted molar refractivity (Wildman–Crippen MR) is 159 cm³/mol. The van der Waals surface area contributed by atoms with E-state index < -0.39 is 0 Å². The van der Waals surface area contributed by atoms with Crippen LogP contribution in [0.1, 0.15) is 44.5 Å². The van der Waals surface area contributed by atoms with Gasteiger partial charge in [-0.1, -0.05) is 67.8 Å². The standard InChI is InChI=1S/C34H32N4/c1-3-23-5-13-28(32(36)19-23)14-8-25-9-17-30(34(38)21-25)18-11-26-10-16-29(33(37)22-26)15-7-24-6-12-27(4-2)31(35)20-24/h3-22H,1-2,35-38H2/q+4/b14-8+,15-7+,18-11+. The molecule has 0 amide bonds. The fourth-order valence-corrected chi connectivity index (χ4v) is 4.01. The van der Waals surface area contributed by atoms with E-state index in [0.29, 0.717) is 22.7 Å². The Bertz CT molecular complexity index is 1590. The lowest BCUT2D eigenvalue weighted by molar-refractivity contribution is -0.255. The van der Waals surface area contributed by atoms with Gasteiger partial charge in [-0.2, -0.15) is 22.9 Å². The Morgan fingerprint density at radius 1 is 0.368 bits per heavy atom. The maximum Gasteiger partial charge on any atom is 0.185 e. The van der Waals surface area contributed by atoms with Crippen LogP contribution in [-0.4, -0.2) is 0 Å². The number of hydrogen-bond acceptors (Lipinski definition) is 4. The molecule has 38 heavy (non-hydrogen) atoms. The molecule has 4 heteroatoms. The summed E-state index contributed by atoms with van der Waals surface area (Å²) < 4.78 is 0. The van der Waals surface area contributed by atoms with Crippen LogP contribution in [0.3, 0.4) is 0 Å². The second-order valence-corrected chi connectivity index (χ2v) is 8.96. The van der Waals surface area contributed by atoms with E-state index in [-0.39, 0.29) is 0 Å². The van der Waals surface area contributed by atoms with Crippen LogP contribution in [0.2, 0.25) is 0 Å². The van der Waals surface area contributed by atoms with Gasteiger partial charge in [0.15, 0.2) is 22.7 Å². The molecule has 0 spiro atoms. The number of hydrogen-bond donors (Lipinski definition) is 4. The third kappa shape index (κ3) is 6.59. The van der Waals surface area contributed by atoms with Crippen molar-refractivity contribution < 1.29 is 22.9 Å². The normalized spacial score (nSPS) is 11.6. The van der Waals surface area contributed by atoms with Crippen LogP contribution in [0.5, 0.6) is 0 Å². The molecule has 0 saturated heterocycles. The molecule has 0 atom stereocenters. The van der Waals surface area contributed by atoms with Gasteiger partial charge in [-0.25, -0.2) is 0 Å². The lowest BCUT2D eigenvalue weighted by Crippen LogP contribution is -2.41. The SMILES string of the molecule is C=Cc1ccc(/C=C/c2ccc(/C=C/c3ccc(/C=C/c4ccc(C=C)c([NH2+])c4)c([NH2+])c3)c([NH2+])c2)c([NH2+])c1. The molecule has 4 nitrogen and oxygen atoms in total. The van der Waals surface area contributed by atoms with E-state index in [2.05, 4.69) is 13.2 Å². The monoisotopic (exact) mass is 496 g/mol. The summed E-state index contributed by atoms with van der Waals surface area (Å²) in [7, 11) is 0. The first-order valence-electron chi connectivity index (χ1n) is 12.2. The predicted octanol–water partition coefficient (Wildman–Crippen LogP) is 4.12. The number of nitrogens with two attached hydrogens (primary N) is 4. The van der Waals surface area contributed by atoms with E-state index in [9.17, 15) is 0 Å². The molecule has 0 fully saturated rings. The zero-order valence-electron chi connectivity index (χ0n) is 21.3. The van der Waals surface area contributed by atoms with Crippen LogP contribution in [0.25, 0.3) is 48.6 Å². The molecular formula is C34H32N4+4. The second-order valence-electron chi connectivity index (χ2n) is 8.96. The van der Waals surface area contributed by atoms with Gasteiger partial charge < -0.3 is 0 Å². The third-order valence-corrected chi connectivity index (χ3v) is 6.27. The van der Waals surface area contributed by atoms with E-state index in [1.165, 1.54) is 0 Å². The molecule has 4 rings (SSSR count). The van der Waals surface area contributed by atoms with Crippen LogP contribution in [-0.2, 0) is 0 Å². The Balaban J connectivity index is 1.44. The Hall–Kier alpha value is -4.58. The van der Waals surface area contributed by atoms with Crippen LogP contribution in [0.15, 0.2) is 86.0 Å². The average Bonchev–Trinajstić information content (AvgIpc) is 2.91. The van der Waals surface area contributed by atoms with Crippen LogP contribution >= 0.6 is 0 Å². The topological polar surface area (TPSA) is 101 Å². The summed E-state index contributed by atoms with van der Waals surface area (Å²) in [5, 5.41) is 0. The van der Waals surface area contributed by atoms with Crippen molar-refractivity contribution in [2.24, 2.45) is 0 Å². The quantitative estimate of drug-likeness (QED) is 0.208. The van der Waals surface area contributed by atoms with Crippen molar-refractivity contribution >= 4 is 71.4 Å². The van der Waals surface area contributed by atoms with Crippen molar-refractivity contribution in [3.8, 4) is 0 Å².